The van der Waals surface area contributed by atoms with Crippen molar-refractivity contribution in [3.05, 3.63) is 70.6 Å². The van der Waals surface area contributed by atoms with E-state index in [0.29, 0.717) is 11.1 Å². The molecule has 0 aliphatic rings. The maximum absolute atomic E-state index is 12.5. The van der Waals surface area contributed by atoms with Crippen LogP contribution in [0.5, 0.6) is 5.75 Å². The minimum atomic E-state index is -0.839. The molecule has 0 spiro atoms. The van der Waals surface area contributed by atoms with Crippen molar-refractivity contribution in [2.45, 2.75) is 59.1 Å². The van der Waals surface area contributed by atoms with Crippen molar-refractivity contribution in [3.63, 3.8) is 0 Å². The zero-order chi connectivity index (χ0) is 21.9. The predicted octanol–water partition coefficient (Wildman–Crippen LogP) is 4.55. The Bertz CT molecular complexity index is 1050. The molecule has 0 aliphatic carbocycles. The largest absolute Gasteiger partial charge is 0.491 e. The number of benzene rings is 2. The molecule has 0 aliphatic heterocycles. The zero-order valence-corrected chi connectivity index (χ0v) is 18.6. The van der Waals surface area contributed by atoms with Crippen LogP contribution in [-0.4, -0.2) is 27.6 Å². The third-order valence-corrected chi connectivity index (χ3v) is 5.20. The zero-order valence-electron chi connectivity index (χ0n) is 18.6. The van der Waals surface area contributed by atoms with Gasteiger partial charge in [-0.1, -0.05) is 65.0 Å². The predicted molar refractivity (Wildman–Crippen MR) is 121 cm³/mol. The Morgan fingerprint density at radius 3 is 2.37 bits per heavy atom. The van der Waals surface area contributed by atoms with Crippen LogP contribution >= 0.6 is 0 Å². The molecule has 1 aromatic heterocycles. The first-order valence-corrected chi connectivity index (χ1v) is 10.4. The van der Waals surface area contributed by atoms with E-state index in [1.165, 1.54) is 10.2 Å². The first kappa shape index (κ1) is 22.0. The van der Waals surface area contributed by atoms with E-state index >= 15 is 0 Å². The molecule has 0 unspecified atom stereocenters. The molecule has 1 atom stereocenters. The van der Waals surface area contributed by atoms with E-state index in [4.69, 9.17) is 4.74 Å². The van der Waals surface area contributed by atoms with Crippen LogP contribution < -0.4 is 10.3 Å². The molecule has 0 saturated heterocycles. The maximum atomic E-state index is 12.5. The lowest BCUT2D eigenvalue weighted by molar-refractivity contribution is 0.0881. The molecule has 160 valence electrons. The lowest BCUT2D eigenvalue weighted by Crippen LogP contribution is -2.31. The summed E-state index contributed by atoms with van der Waals surface area (Å²) in [5.74, 6) is 0.697. The topological polar surface area (TPSA) is 64.3 Å². The summed E-state index contributed by atoms with van der Waals surface area (Å²) in [6, 6.07) is 15.3. The summed E-state index contributed by atoms with van der Waals surface area (Å²) in [7, 11) is 0. The number of aromatic nitrogens is 2. The quantitative estimate of drug-likeness (QED) is 0.623. The Kier molecular flexibility index (Phi) is 6.32. The van der Waals surface area contributed by atoms with E-state index in [-0.39, 0.29) is 29.5 Å². The molecular formula is C25H32N2O3. The number of rotatable bonds is 7. The van der Waals surface area contributed by atoms with Crippen molar-refractivity contribution in [2.24, 2.45) is 5.41 Å². The molecule has 0 bridgehead atoms. The summed E-state index contributed by atoms with van der Waals surface area (Å²) < 4.78 is 7.03. The molecule has 0 saturated carbocycles. The Morgan fingerprint density at radius 1 is 1.03 bits per heavy atom. The van der Waals surface area contributed by atoms with E-state index in [9.17, 15) is 9.90 Å². The van der Waals surface area contributed by atoms with E-state index in [1.54, 1.807) is 12.3 Å². The fourth-order valence-corrected chi connectivity index (χ4v) is 4.13. The van der Waals surface area contributed by atoms with Crippen LogP contribution in [-0.2, 0) is 12.0 Å². The second-order valence-corrected chi connectivity index (χ2v) is 9.83. The van der Waals surface area contributed by atoms with Crippen LogP contribution in [0.25, 0.3) is 10.8 Å². The van der Waals surface area contributed by atoms with Crippen molar-refractivity contribution in [2.75, 3.05) is 6.61 Å². The van der Waals surface area contributed by atoms with Crippen LogP contribution in [0.3, 0.4) is 0 Å². The van der Waals surface area contributed by atoms with Crippen LogP contribution in [0.2, 0.25) is 0 Å². The summed E-state index contributed by atoms with van der Waals surface area (Å²) >= 11 is 0. The van der Waals surface area contributed by atoms with Gasteiger partial charge >= 0.3 is 0 Å². The molecule has 2 aromatic carbocycles. The molecule has 1 N–H and O–H groups in total. The number of fused-ring (bicyclic) bond motifs is 1. The average Bonchev–Trinajstić information content (AvgIpc) is 2.67. The van der Waals surface area contributed by atoms with Crippen LogP contribution in [0, 0.1) is 5.41 Å². The summed E-state index contributed by atoms with van der Waals surface area (Å²) in [5.41, 5.74) is 1.37. The third kappa shape index (κ3) is 5.48. The highest BCUT2D eigenvalue weighted by Crippen LogP contribution is 2.36. The first-order chi connectivity index (χ1) is 14.0. The van der Waals surface area contributed by atoms with E-state index in [1.807, 2.05) is 30.3 Å². The highest BCUT2D eigenvalue weighted by atomic mass is 16.5. The molecule has 0 fully saturated rings. The highest BCUT2D eigenvalue weighted by Gasteiger charge is 2.27. The van der Waals surface area contributed by atoms with Gasteiger partial charge in [0.25, 0.3) is 5.56 Å². The van der Waals surface area contributed by atoms with Gasteiger partial charge in [-0.2, -0.15) is 5.10 Å². The normalized spacial score (nSPS) is 13.4. The molecule has 3 rings (SSSR count). The van der Waals surface area contributed by atoms with Crippen molar-refractivity contribution in [1.29, 1.82) is 0 Å². The molecule has 5 heteroatoms. The van der Waals surface area contributed by atoms with Gasteiger partial charge in [-0.3, -0.25) is 4.79 Å². The number of aliphatic hydroxyl groups excluding tert-OH is 1. The molecule has 3 aromatic rings. The van der Waals surface area contributed by atoms with Gasteiger partial charge in [0.2, 0.25) is 0 Å². The van der Waals surface area contributed by atoms with Crippen molar-refractivity contribution >= 4 is 10.8 Å². The van der Waals surface area contributed by atoms with Crippen molar-refractivity contribution < 1.29 is 9.84 Å². The van der Waals surface area contributed by atoms with Gasteiger partial charge in [-0.25, -0.2) is 4.68 Å². The highest BCUT2D eigenvalue weighted by molar-refractivity contribution is 5.80. The Balaban J connectivity index is 1.61. The van der Waals surface area contributed by atoms with Crippen molar-refractivity contribution in [1.82, 2.24) is 9.78 Å². The van der Waals surface area contributed by atoms with E-state index in [2.05, 4.69) is 51.9 Å². The lowest BCUT2D eigenvalue weighted by Gasteiger charge is -2.33. The average molecular weight is 409 g/mol. The van der Waals surface area contributed by atoms with Gasteiger partial charge in [-0.15, -0.1) is 0 Å². The first-order valence-electron chi connectivity index (χ1n) is 10.4. The smallest absolute Gasteiger partial charge is 0.274 e. The number of nitrogens with zero attached hydrogens (tertiary/aromatic N) is 2. The lowest BCUT2D eigenvalue weighted by atomic mass is 9.72. The number of aliphatic hydroxyl groups is 1. The van der Waals surface area contributed by atoms with Gasteiger partial charge in [0, 0.05) is 5.39 Å². The van der Waals surface area contributed by atoms with Gasteiger partial charge in [-0.05, 0) is 41.0 Å². The van der Waals surface area contributed by atoms with Crippen LogP contribution in [0.15, 0.2) is 59.5 Å². The van der Waals surface area contributed by atoms with Gasteiger partial charge in [0.1, 0.15) is 18.5 Å². The van der Waals surface area contributed by atoms with Crippen LogP contribution in [0.4, 0.5) is 0 Å². The minimum Gasteiger partial charge on any atom is -0.491 e. The van der Waals surface area contributed by atoms with Gasteiger partial charge in [0.15, 0.2) is 0 Å². The van der Waals surface area contributed by atoms with E-state index < -0.39 is 6.10 Å². The Morgan fingerprint density at radius 2 is 1.70 bits per heavy atom. The SMILES string of the molecule is CC(C)(C)CC(C)(C)c1ccc(OC[C@@H](O)Cn2ncc3ccccc3c2=O)cc1. The molecular weight excluding hydrogens is 376 g/mol. The maximum Gasteiger partial charge on any atom is 0.274 e. The molecule has 5 nitrogen and oxygen atoms in total. The fraction of sp³-hybridized carbons (Fsp3) is 0.440. The minimum absolute atomic E-state index is 0.0687. The number of hydrogen-bond donors (Lipinski definition) is 1. The molecule has 30 heavy (non-hydrogen) atoms. The summed E-state index contributed by atoms with van der Waals surface area (Å²) in [6.45, 7) is 11.4. The number of hydrogen-bond acceptors (Lipinski definition) is 4. The molecule has 0 amide bonds. The summed E-state index contributed by atoms with van der Waals surface area (Å²) in [6.07, 6.45) is 1.88. The van der Waals surface area contributed by atoms with Gasteiger partial charge < -0.3 is 9.84 Å². The number of ether oxygens (including phenoxy) is 1. The second kappa shape index (κ2) is 8.60. The third-order valence-electron chi connectivity index (χ3n) is 5.20. The van der Waals surface area contributed by atoms with Crippen molar-refractivity contribution in [3.8, 4) is 5.75 Å². The Labute approximate surface area is 178 Å². The summed E-state index contributed by atoms with van der Waals surface area (Å²) in [5, 5.41) is 15.9. The fourth-order valence-electron chi connectivity index (χ4n) is 4.13. The molecule has 0 radical (unpaired) electrons. The second-order valence-electron chi connectivity index (χ2n) is 9.83. The molecule has 1 heterocycles. The summed E-state index contributed by atoms with van der Waals surface area (Å²) in [4.78, 5) is 12.5. The van der Waals surface area contributed by atoms with Gasteiger partial charge in [0.05, 0.1) is 18.1 Å². The Hall–Kier alpha value is -2.66. The standard InChI is InChI=1S/C25H32N2O3/c1-24(2,3)17-25(4,5)19-10-12-21(13-11-19)30-16-20(28)15-27-23(29)22-9-7-6-8-18(22)14-26-27/h6-14,20,28H,15-17H2,1-5H3/t20-/m0/s1. The van der Waals surface area contributed by atoms with Crippen LogP contribution in [0.1, 0.15) is 46.6 Å². The van der Waals surface area contributed by atoms with E-state index in [0.717, 1.165) is 11.8 Å². The monoisotopic (exact) mass is 408 g/mol.